The second-order valence-corrected chi connectivity index (χ2v) is 10.8. The number of amides is 1. The number of carbonyl (C=O) groups is 1. The predicted octanol–water partition coefficient (Wildman–Crippen LogP) is 6.60. The summed E-state index contributed by atoms with van der Waals surface area (Å²) in [5, 5.41) is 2.67. The zero-order chi connectivity index (χ0) is 25.1. The van der Waals surface area contributed by atoms with Crippen LogP contribution in [0, 0.1) is 0 Å². The molecule has 0 aliphatic heterocycles. The van der Waals surface area contributed by atoms with E-state index < -0.39 is 39.9 Å². The van der Waals surface area contributed by atoms with Crippen molar-refractivity contribution >= 4 is 60.7 Å². The van der Waals surface area contributed by atoms with E-state index >= 15 is 0 Å². The number of rotatable bonds is 7. The fourth-order valence-corrected chi connectivity index (χ4v) is 5.12. The molecule has 0 bridgehead atoms. The number of carbonyl (C=O) groups excluding carboxylic acids is 1. The third kappa shape index (κ3) is 6.51. The van der Waals surface area contributed by atoms with Gasteiger partial charge in [-0.15, -0.1) is 0 Å². The Morgan fingerprint density at radius 3 is 2.26 bits per heavy atom. The van der Waals surface area contributed by atoms with Crippen molar-refractivity contribution in [3.8, 4) is 0 Å². The number of para-hydroxylation sites is 1. The lowest BCUT2D eigenvalue weighted by molar-refractivity contribution is -0.137. The second-order valence-electron chi connectivity index (χ2n) is 7.05. The van der Waals surface area contributed by atoms with Crippen molar-refractivity contribution < 1.29 is 26.4 Å². The molecule has 0 saturated carbocycles. The molecule has 12 heteroatoms. The van der Waals surface area contributed by atoms with Crippen LogP contribution in [-0.4, -0.2) is 25.2 Å². The first-order valence-corrected chi connectivity index (χ1v) is 12.5. The highest BCUT2D eigenvalue weighted by Gasteiger charge is 2.34. The van der Waals surface area contributed by atoms with Gasteiger partial charge in [0.25, 0.3) is 0 Å². The first-order chi connectivity index (χ1) is 15.9. The van der Waals surface area contributed by atoms with E-state index in [0.29, 0.717) is 15.1 Å². The van der Waals surface area contributed by atoms with E-state index in [1.54, 1.807) is 0 Å². The number of anilines is 1. The van der Waals surface area contributed by atoms with Crippen LogP contribution in [-0.2, 0) is 27.5 Å². The molecule has 0 aromatic heterocycles. The van der Waals surface area contributed by atoms with Crippen molar-refractivity contribution in [1.29, 1.82) is 0 Å². The van der Waals surface area contributed by atoms with Crippen LogP contribution in [0.25, 0.3) is 0 Å². The summed E-state index contributed by atoms with van der Waals surface area (Å²) < 4.78 is 68.0. The van der Waals surface area contributed by atoms with Crippen LogP contribution in [0.4, 0.5) is 18.9 Å². The molecule has 3 rings (SSSR count). The maximum atomic E-state index is 13.3. The van der Waals surface area contributed by atoms with Crippen LogP contribution in [0.1, 0.15) is 11.1 Å². The highest BCUT2D eigenvalue weighted by molar-refractivity contribution is 9.10. The smallest absolute Gasteiger partial charge is 0.324 e. The summed E-state index contributed by atoms with van der Waals surface area (Å²) in [7, 11) is -4.23. The van der Waals surface area contributed by atoms with Crippen molar-refractivity contribution in [2.24, 2.45) is 0 Å². The van der Waals surface area contributed by atoms with Gasteiger partial charge in [0, 0.05) is 21.1 Å². The van der Waals surface area contributed by atoms with Crippen LogP contribution >= 0.6 is 39.1 Å². The molecule has 34 heavy (non-hydrogen) atoms. The highest BCUT2D eigenvalue weighted by atomic mass is 79.9. The molecule has 0 heterocycles. The van der Waals surface area contributed by atoms with Crippen LogP contribution in [0.5, 0.6) is 0 Å². The Balaban J connectivity index is 1.94. The van der Waals surface area contributed by atoms with Gasteiger partial charge in [0.05, 0.1) is 22.7 Å². The average molecular weight is 596 g/mol. The summed E-state index contributed by atoms with van der Waals surface area (Å²) >= 11 is 15.3. The minimum Gasteiger partial charge on any atom is -0.324 e. The Kier molecular flexibility index (Phi) is 8.30. The van der Waals surface area contributed by atoms with Gasteiger partial charge >= 0.3 is 6.18 Å². The Morgan fingerprint density at radius 1 is 1.00 bits per heavy atom. The summed E-state index contributed by atoms with van der Waals surface area (Å²) in [5.74, 6) is -0.956. The minimum atomic E-state index is -4.70. The largest absolute Gasteiger partial charge is 0.418 e. The van der Waals surface area contributed by atoms with Crippen molar-refractivity contribution in [3.63, 3.8) is 0 Å². The monoisotopic (exact) mass is 594 g/mol. The standard InChI is InChI=1S/C22H16BrCl2F3N2O3S/c23-15-6-9-17(10-7-15)34(32,33)30(12-14-5-8-16(24)11-19(14)25)13-21(31)29-20-4-2-1-3-18(20)22(26,27)28/h1-11H,12-13H2,(H,29,31). The molecule has 1 amide bonds. The van der Waals surface area contributed by atoms with E-state index in [0.717, 1.165) is 16.4 Å². The molecule has 3 aromatic rings. The number of nitrogens with zero attached hydrogens (tertiary/aromatic N) is 1. The predicted molar refractivity (Wildman–Crippen MR) is 128 cm³/mol. The normalized spacial score (nSPS) is 12.1. The molecule has 0 unspecified atom stereocenters. The van der Waals surface area contributed by atoms with E-state index in [9.17, 15) is 26.4 Å². The highest BCUT2D eigenvalue weighted by Crippen LogP contribution is 2.34. The fourth-order valence-electron chi connectivity index (χ4n) is 3.01. The van der Waals surface area contributed by atoms with E-state index in [-0.39, 0.29) is 16.5 Å². The molecule has 1 N–H and O–H groups in total. The van der Waals surface area contributed by atoms with Gasteiger partial charge in [-0.1, -0.05) is 57.3 Å². The third-order valence-electron chi connectivity index (χ3n) is 4.64. The molecular weight excluding hydrogens is 580 g/mol. The zero-order valence-corrected chi connectivity index (χ0v) is 21.0. The van der Waals surface area contributed by atoms with Crippen molar-refractivity contribution in [3.05, 3.63) is 92.4 Å². The van der Waals surface area contributed by atoms with Gasteiger partial charge < -0.3 is 5.32 Å². The quantitative estimate of drug-likeness (QED) is 0.334. The average Bonchev–Trinajstić information content (AvgIpc) is 2.75. The molecule has 0 fully saturated rings. The van der Waals surface area contributed by atoms with E-state index in [1.807, 2.05) is 0 Å². The van der Waals surface area contributed by atoms with E-state index in [4.69, 9.17) is 23.2 Å². The van der Waals surface area contributed by atoms with Gasteiger partial charge in [-0.3, -0.25) is 4.79 Å². The maximum Gasteiger partial charge on any atom is 0.418 e. The lowest BCUT2D eigenvalue weighted by Crippen LogP contribution is -2.38. The van der Waals surface area contributed by atoms with Gasteiger partial charge in [-0.2, -0.15) is 17.5 Å². The Bertz CT molecular complexity index is 1300. The molecule has 0 aliphatic carbocycles. The van der Waals surface area contributed by atoms with E-state index in [2.05, 4.69) is 21.2 Å². The van der Waals surface area contributed by atoms with Crippen LogP contribution in [0.2, 0.25) is 10.0 Å². The SMILES string of the molecule is O=C(CN(Cc1ccc(Cl)cc1Cl)S(=O)(=O)c1ccc(Br)cc1)Nc1ccccc1C(F)(F)F. The Labute approximate surface area is 212 Å². The topological polar surface area (TPSA) is 66.5 Å². The van der Waals surface area contributed by atoms with Crippen molar-refractivity contribution in [1.82, 2.24) is 4.31 Å². The zero-order valence-electron chi connectivity index (χ0n) is 17.1. The maximum absolute atomic E-state index is 13.3. The van der Waals surface area contributed by atoms with Crippen LogP contribution in [0.15, 0.2) is 76.1 Å². The number of hydrogen-bond donors (Lipinski definition) is 1. The number of benzene rings is 3. The summed E-state index contributed by atoms with van der Waals surface area (Å²) in [6, 6.07) is 14.6. The van der Waals surface area contributed by atoms with Crippen molar-refractivity contribution in [2.75, 3.05) is 11.9 Å². The summed E-state index contributed by atoms with van der Waals surface area (Å²) in [6.07, 6.45) is -4.70. The lowest BCUT2D eigenvalue weighted by atomic mass is 10.1. The first kappa shape index (κ1) is 26.5. The molecule has 3 aromatic carbocycles. The summed E-state index contributed by atoms with van der Waals surface area (Å²) in [5.41, 5.74) is -1.17. The number of halogens is 6. The molecule has 180 valence electrons. The lowest BCUT2D eigenvalue weighted by Gasteiger charge is -2.23. The molecule has 0 saturated heterocycles. The number of hydrogen-bond acceptors (Lipinski definition) is 3. The van der Waals surface area contributed by atoms with Gasteiger partial charge in [0.1, 0.15) is 0 Å². The third-order valence-corrected chi connectivity index (χ3v) is 7.56. The van der Waals surface area contributed by atoms with Gasteiger partial charge in [-0.05, 0) is 54.1 Å². The van der Waals surface area contributed by atoms with Crippen LogP contribution in [0.3, 0.4) is 0 Å². The number of nitrogens with one attached hydrogen (secondary N) is 1. The first-order valence-electron chi connectivity index (χ1n) is 9.53. The Hall–Kier alpha value is -2.11. The Morgan fingerprint density at radius 2 is 1.65 bits per heavy atom. The number of alkyl halides is 3. The molecule has 0 radical (unpaired) electrons. The van der Waals surface area contributed by atoms with Crippen LogP contribution < -0.4 is 5.32 Å². The van der Waals surface area contributed by atoms with Crippen molar-refractivity contribution in [2.45, 2.75) is 17.6 Å². The molecule has 0 spiro atoms. The molecular formula is C22H16BrCl2F3N2O3S. The number of sulfonamides is 1. The fraction of sp³-hybridized carbons (Fsp3) is 0.136. The summed E-state index contributed by atoms with van der Waals surface area (Å²) in [6.45, 7) is -1.08. The second kappa shape index (κ2) is 10.7. The van der Waals surface area contributed by atoms with Gasteiger partial charge in [0.15, 0.2) is 0 Å². The molecule has 0 aliphatic rings. The summed E-state index contributed by atoms with van der Waals surface area (Å²) in [4.78, 5) is 12.6. The molecule has 5 nitrogen and oxygen atoms in total. The van der Waals surface area contributed by atoms with E-state index in [1.165, 1.54) is 54.6 Å². The minimum absolute atomic E-state index is 0.107. The molecule has 0 atom stereocenters. The van der Waals surface area contributed by atoms with Gasteiger partial charge in [0.2, 0.25) is 15.9 Å². The van der Waals surface area contributed by atoms with Gasteiger partial charge in [-0.25, -0.2) is 8.42 Å².